The lowest BCUT2D eigenvalue weighted by molar-refractivity contribution is -0.113. The third-order valence-corrected chi connectivity index (χ3v) is 6.00. The normalized spacial score (nSPS) is 16.0. The van der Waals surface area contributed by atoms with Crippen LogP contribution in [-0.4, -0.2) is 18.8 Å². The van der Waals surface area contributed by atoms with Crippen molar-refractivity contribution in [3.05, 3.63) is 81.0 Å². The van der Waals surface area contributed by atoms with Crippen LogP contribution in [0.2, 0.25) is 5.02 Å². The largest absolute Gasteiger partial charge is 0.495 e. The van der Waals surface area contributed by atoms with Crippen molar-refractivity contribution in [3.63, 3.8) is 0 Å². The first-order chi connectivity index (χ1) is 14.5. The molecule has 2 aromatic rings. The number of nitrogens with one attached hydrogen (secondary N) is 2. The Morgan fingerprint density at radius 1 is 1.27 bits per heavy atom. The van der Waals surface area contributed by atoms with Crippen LogP contribution in [-0.2, 0) is 4.79 Å². The zero-order valence-corrected chi connectivity index (χ0v) is 18.5. The number of hydrogen-bond donors (Lipinski definition) is 2. The molecular weight excluding hydrogens is 418 g/mol. The molecule has 1 heterocycles. The van der Waals surface area contributed by atoms with Gasteiger partial charge in [-0.15, -0.1) is 11.8 Å². The van der Waals surface area contributed by atoms with Crippen molar-refractivity contribution < 1.29 is 9.53 Å². The number of methoxy groups -OCH3 is 1. The zero-order valence-electron chi connectivity index (χ0n) is 17.0. The van der Waals surface area contributed by atoms with Crippen molar-refractivity contribution in [1.29, 1.82) is 5.26 Å². The average molecular weight is 440 g/mol. The van der Waals surface area contributed by atoms with E-state index < -0.39 is 5.92 Å². The number of benzene rings is 2. The molecule has 3 rings (SSSR count). The monoisotopic (exact) mass is 439 g/mol. The van der Waals surface area contributed by atoms with Gasteiger partial charge in [0.1, 0.15) is 5.75 Å². The second-order valence-electron chi connectivity index (χ2n) is 6.56. The number of dihydropyridines is 1. The predicted molar refractivity (Wildman–Crippen MR) is 122 cm³/mol. The lowest BCUT2D eigenvalue weighted by atomic mass is 9.82. The van der Waals surface area contributed by atoms with Gasteiger partial charge in [-0.3, -0.25) is 4.79 Å². The van der Waals surface area contributed by atoms with Gasteiger partial charge >= 0.3 is 0 Å². The van der Waals surface area contributed by atoms with Crippen LogP contribution in [0.25, 0.3) is 0 Å². The standard InChI is InChI=1S/C23H22ClN3O2S/c1-4-30-23-21(22(28)27-18-11-7-8-12-19(18)29-3)20(16(13-25)14(2)26-23)15-9-5-6-10-17(15)24/h5-12,20,26H,4H2,1-3H3,(H,27,28). The molecule has 2 aromatic carbocycles. The average Bonchev–Trinajstić information content (AvgIpc) is 2.74. The number of thioether (sulfide) groups is 1. The van der Waals surface area contributed by atoms with E-state index >= 15 is 0 Å². The third kappa shape index (κ3) is 4.33. The molecule has 0 aromatic heterocycles. The smallest absolute Gasteiger partial charge is 0.255 e. The van der Waals surface area contributed by atoms with Crippen LogP contribution >= 0.6 is 23.4 Å². The molecule has 5 nitrogen and oxygen atoms in total. The van der Waals surface area contributed by atoms with Crippen LogP contribution in [0, 0.1) is 11.3 Å². The fourth-order valence-electron chi connectivity index (χ4n) is 3.40. The zero-order chi connectivity index (χ0) is 21.7. The van der Waals surface area contributed by atoms with Crippen LogP contribution in [0.15, 0.2) is 70.4 Å². The Morgan fingerprint density at radius 3 is 2.63 bits per heavy atom. The van der Waals surface area contributed by atoms with E-state index in [9.17, 15) is 10.1 Å². The summed E-state index contributed by atoms with van der Waals surface area (Å²) in [7, 11) is 1.55. The highest BCUT2D eigenvalue weighted by Gasteiger charge is 2.36. The van der Waals surface area contributed by atoms with E-state index in [0.29, 0.717) is 38.3 Å². The van der Waals surface area contributed by atoms with Crippen molar-refractivity contribution >= 4 is 35.0 Å². The third-order valence-electron chi connectivity index (χ3n) is 4.75. The summed E-state index contributed by atoms with van der Waals surface area (Å²) in [5.74, 6) is 0.432. The van der Waals surface area contributed by atoms with E-state index in [1.807, 2.05) is 44.2 Å². The van der Waals surface area contributed by atoms with Crippen LogP contribution in [0.4, 0.5) is 5.69 Å². The highest BCUT2D eigenvalue weighted by atomic mass is 35.5. The predicted octanol–water partition coefficient (Wildman–Crippen LogP) is 5.44. The number of amides is 1. The SMILES string of the molecule is CCSC1=C(C(=O)Nc2ccccc2OC)C(c2ccccc2Cl)C(C#N)=C(C)N1. The van der Waals surface area contributed by atoms with E-state index in [-0.39, 0.29) is 5.91 Å². The van der Waals surface area contributed by atoms with Gasteiger partial charge in [0.2, 0.25) is 0 Å². The fraction of sp³-hybridized carbons (Fsp3) is 0.217. The molecule has 0 spiro atoms. The molecule has 0 saturated heterocycles. The maximum Gasteiger partial charge on any atom is 0.255 e. The van der Waals surface area contributed by atoms with Gasteiger partial charge in [-0.25, -0.2) is 0 Å². The molecule has 1 unspecified atom stereocenters. The molecule has 0 aliphatic carbocycles. The lowest BCUT2D eigenvalue weighted by Crippen LogP contribution is -2.31. The fourth-order valence-corrected chi connectivity index (χ4v) is 4.52. The van der Waals surface area contributed by atoms with Crippen molar-refractivity contribution in [1.82, 2.24) is 5.32 Å². The van der Waals surface area contributed by atoms with Crippen LogP contribution in [0.3, 0.4) is 0 Å². The molecule has 0 saturated carbocycles. The van der Waals surface area contributed by atoms with Gasteiger partial charge in [0.25, 0.3) is 5.91 Å². The summed E-state index contributed by atoms with van der Waals surface area (Å²) in [5, 5.41) is 17.3. The minimum Gasteiger partial charge on any atom is -0.495 e. The van der Waals surface area contributed by atoms with E-state index in [1.54, 1.807) is 25.3 Å². The second-order valence-corrected chi connectivity index (χ2v) is 8.24. The topological polar surface area (TPSA) is 74.1 Å². The number of anilines is 1. The van der Waals surface area contributed by atoms with E-state index in [1.165, 1.54) is 11.8 Å². The Bertz CT molecular complexity index is 1070. The minimum atomic E-state index is -0.575. The van der Waals surface area contributed by atoms with Crippen LogP contribution in [0.5, 0.6) is 5.75 Å². The summed E-state index contributed by atoms with van der Waals surface area (Å²) in [6.07, 6.45) is 0. The highest BCUT2D eigenvalue weighted by molar-refractivity contribution is 8.03. The molecule has 30 heavy (non-hydrogen) atoms. The number of nitrogens with zero attached hydrogens (tertiary/aromatic N) is 1. The van der Waals surface area contributed by atoms with Gasteiger partial charge in [0.05, 0.1) is 41.0 Å². The summed E-state index contributed by atoms with van der Waals surface area (Å²) in [6, 6.07) is 16.8. The molecule has 154 valence electrons. The molecule has 2 N–H and O–H groups in total. The number of ether oxygens (including phenoxy) is 1. The first kappa shape index (κ1) is 21.8. The lowest BCUT2D eigenvalue weighted by Gasteiger charge is -2.30. The van der Waals surface area contributed by atoms with Gasteiger partial charge in [0.15, 0.2) is 0 Å². The number of allylic oxidation sites excluding steroid dienone is 2. The summed E-state index contributed by atoms with van der Waals surface area (Å²) in [5.41, 5.74) is 2.92. The number of hydrogen-bond acceptors (Lipinski definition) is 5. The minimum absolute atomic E-state index is 0.312. The quantitative estimate of drug-likeness (QED) is 0.627. The highest BCUT2D eigenvalue weighted by Crippen LogP contribution is 2.43. The molecule has 1 aliphatic heterocycles. The number of para-hydroxylation sites is 2. The van der Waals surface area contributed by atoms with E-state index in [4.69, 9.17) is 16.3 Å². The van der Waals surface area contributed by atoms with E-state index in [2.05, 4.69) is 16.7 Å². The first-order valence-corrected chi connectivity index (χ1v) is 10.8. The number of carbonyl (C=O) groups excluding carboxylic acids is 1. The van der Waals surface area contributed by atoms with Crippen molar-refractivity contribution in [2.45, 2.75) is 19.8 Å². The van der Waals surface area contributed by atoms with Gasteiger partial charge < -0.3 is 15.4 Å². The first-order valence-electron chi connectivity index (χ1n) is 9.45. The maximum absolute atomic E-state index is 13.5. The Kier molecular flexibility index (Phi) is 7.09. The number of rotatable bonds is 6. The van der Waals surface area contributed by atoms with Crippen molar-refractivity contribution in [2.75, 3.05) is 18.2 Å². The van der Waals surface area contributed by atoms with Crippen LogP contribution < -0.4 is 15.4 Å². The molecule has 0 fully saturated rings. The molecule has 7 heteroatoms. The molecule has 1 atom stereocenters. The second kappa shape index (κ2) is 9.75. The van der Waals surface area contributed by atoms with Crippen molar-refractivity contribution in [3.8, 4) is 11.8 Å². The van der Waals surface area contributed by atoms with Gasteiger partial charge in [-0.2, -0.15) is 5.26 Å². The molecule has 1 amide bonds. The van der Waals surface area contributed by atoms with Gasteiger partial charge in [0, 0.05) is 10.7 Å². The summed E-state index contributed by atoms with van der Waals surface area (Å²) in [6.45, 7) is 3.85. The molecular formula is C23H22ClN3O2S. The molecule has 0 radical (unpaired) electrons. The molecule has 0 bridgehead atoms. The summed E-state index contributed by atoms with van der Waals surface area (Å²) >= 11 is 8.02. The Morgan fingerprint density at radius 2 is 1.97 bits per heavy atom. The summed E-state index contributed by atoms with van der Waals surface area (Å²) < 4.78 is 5.36. The van der Waals surface area contributed by atoms with Gasteiger partial charge in [-0.05, 0) is 36.4 Å². The Hall–Kier alpha value is -2.88. The van der Waals surface area contributed by atoms with Crippen LogP contribution in [0.1, 0.15) is 25.3 Å². The maximum atomic E-state index is 13.5. The molecule has 1 aliphatic rings. The number of nitriles is 1. The Labute approximate surface area is 185 Å². The van der Waals surface area contributed by atoms with Crippen molar-refractivity contribution in [2.24, 2.45) is 0 Å². The van der Waals surface area contributed by atoms with E-state index in [0.717, 1.165) is 11.3 Å². The van der Waals surface area contributed by atoms with Gasteiger partial charge in [-0.1, -0.05) is 48.9 Å². The number of carbonyl (C=O) groups is 1. The number of halogens is 1. The Balaban J connectivity index is 2.14. The summed E-state index contributed by atoms with van der Waals surface area (Å²) in [4.78, 5) is 13.5.